The van der Waals surface area contributed by atoms with Crippen molar-refractivity contribution in [1.29, 1.82) is 0 Å². The van der Waals surface area contributed by atoms with Crippen molar-refractivity contribution < 1.29 is 28.9 Å². The molecular formula is C30H30N2O6. The van der Waals surface area contributed by atoms with Gasteiger partial charge in [0.25, 0.3) is 5.91 Å². The first-order valence-corrected chi connectivity index (χ1v) is 12.4. The molecule has 0 saturated heterocycles. The molecule has 2 amide bonds. The molecule has 0 aromatic heterocycles. The summed E-state index contributed by atoms with van der Waals surface area (Å²) >= 11 is 0. The predicted molar refractivity (Wildman–Crippen MR) is 142 cm³/mol. The third-order valence-electron chi connectivity index (χ3n) is 7.19. The van der Waals surface area contributed by atoms with Crippen molar-refractivity contribution in [2.75, 3.05) is 18.6 Å². The van der Waals surface area contributed by atoms with Crippen LogP contribution in [0.4, 0.5) is 10.5 Å². The summed E-state index contributed by atoms with van der Waals surface area (Å²) in [5.41, 5.74) is 2.19. The molecule has 8 heteroatoms. The Morgan fingerprint density at radius 2 is 1.82 bits per heavy atom. The van der Waals surface area contributed by atoms with Gasteiger partial charge in [0, 0.05) is 19.0 Å². The minimum absolute atomic E-state index is 0.0535. The van der Waals surface area contributed by atoms with Crippen molar-refractivity contribution in [1.82, 2.24) is 4.90 Å². The van der Waals surface area contributed by atoms with Crippen LogP contribution in [0, 0.1) is 0 Å². The number of aliphatic hydroxyl groups is 1. The van der Waals surface area contributed by atoms with E-state index in [1.54, 1.807) is 24.0 Å². The molecule has 1 N–H and O–H groups in total. The van der Waals surface area contributed by atoms with Crippen LogP contribution in [0.2, 0.25) is 0 Å². The Balaban J connectivity index is 1.63. The van der Waals surface area contributed by atoms with Crippen LogP contribution in [0.3, 0.4) is 0 Å². The van der Waals surface area contributed by atoms with Crippen LogP contribution in [0.15, 0.2) is 79.4 Å². The zero-order chi connectivity index (χ0) is 26.9. The van der Waals surface area contributed by atoms with Crippen LogP contribution in [0.25, 0.3) is 0 Å². The molecule has 5 rings (SSSR count). The van der Waals surface area contributed by atoms with Crippen molar-refractivity contribution in [2.24, 2.45) is 0 Å². The number of nitrogens with zero attached hydrogens (tertiary/aromatic N) is 2. The van der Waals surface area contributed by atoms with E-state index in [4.69, 9.17) is 14.2 Å². The average molecular weight is 515 g/mol. The maximum absolute atomic E-state index is 14.1. The maximum Gasteiger partial charge on any atom is 0.416 e. The van der Waals surface area contributed by atoms with E-state index in [1.165, 1.54) is 13.2 Å². The van der Waals surface area contributed by atoms with Gasteiger partial charge in [-0.15, -0.1) is 0 Å². The van der Waals surface area contributed by atoms with Gasteiger partial charge in [-0.2, -0.15) is 0 Å². The second-order valence-electron chi connectivity index (χ2n) is 9.60. The third kappa shape index (κ3) is 4.37. The number of hydrogen-bond donors (Lipinski definition) is 1. The molecule has 0 radical (unpaired) electrons. The number of carbonyl (C=O) groups excluding carboxylic acids is 2. The molecule has 8 nitrogen and oxygen atoms in total. The van der Waals surface area contributed by atoms with Gasteiger partial charge >= 0.3 is 6.09 Å². The maximum atomic E-state index is 14.1. The number of ether oxygens (including phenoxy) is 3. The van der Waals surface area contributed by atoms with E-state index >= 15 is 0 Å². The Labute approximate surface area is 221 Å². The summed E-state index contributed by atoms with van der Waals surface area (Å²) in [5.74, 6) is 0.330. The summed E-state index contributed by atoms with van der Waals surface area (Å²) in [6.07, 6.45) is -0.410. The first kappa shape index (κ1) is 25.4. The van der Waals surface area contributed by atoms with Gasteiger partial charge in [0.05, 0.1) is 23.9 Å². The SMILES string of the molecule is C=CCOC(=O)N1c2cc(OCc3ccccc3)c(OC)cc2C(=O)N2Cc3ccccc3CC2(C)C1O. The lowest BCUT2D eigenvalue weighted by Crippen LogP contribution is -2.64. The van der Waals surface area contributed by atoms with E-state index in [9.17, 15) is 14.7 Å². The molecule has 0 saturated carbocycles. The molecule has 196 valence electrons. The fraction of sp³-hybridized carbons (Fsp3) is 0.267. The van der Waals surface area contributed by atoms with Crippen molar-refractivity contribution >= 4 is 17.7 Å². The predicted octanol–water partition coefficient (Wildman–Crippen LogP) is 4.69. The summed E-state index contributed by atoms with van der Waals surface area (Å²) in [6.45, 7) is 5.87. The smallest absolute Gasteiger partial charge is 0.416 e. The molecule has 2 atom stereocenters. The van der Waals surface area contributed by atoms with Gasteiger partial charge < -0.3 is 24.2 Å². The van der Waals surface area contributed by atoms with Gasteiger partial charge in [-0.1, -0.05) is 67.3 Å². The normalized spacial score (nSPS) is 20.0. The number of methoxy groups -OCH3 is 1. The fourth-order valence-corrected chi connectivity index (χ4v) is 5.13. The topological polar surface area (TPSA) is 88.5 Å². The summed E-state index contributed by atoms with van der Waals surface area (Å²) in [7, 11) is 1.49. The van der Waals surface area contributed by atoms with Crippen molar-refractivity contribution in [2.45, 2.75) is 38.3 Å². The number of benzene rings is 3. The average Bonchev–Trinajstić information content (AvgIpc) is 3.00. The molecule has 0 spiro atoms. The van der Waals surface area contributed by atoms with Crippen molar-refractivity contribution in [3.63, 3.8) is 0 Å². The lowest BCUT2D eigenvalue weighted by molar-refractivity contribution is -0.0196. The second kappa shape index (κ2) is 10.2. The van der Waals surface area contributed by atoms with Gasteiger partial charge in [0.1, 0.15) is 13.2 Å². The van der Waals surface area contributed by atoms with E-state index in [0.717, 1.165) is 21.6 Å². The highest BCUT2D eigenvalue weighted by molar-refractivity contribution is 6.06. The monoisotopic (exact) mass is 514 g/mol. The number of rotatable bonds is 6. The van der Waals surface area contributed by atoms with E-state index in [0.29, 0.717) is 17.9 Å². The molecule has 38 heavy (non-hydrogen) atoms. The fourth-order valence-electron chi connectivity index (χ4n) is 5.13. The Hall–Kier alpha value is -4.30. The molecule has 0 aliphatic carbocycles. The summed E-state index contributed by atoms with van der Waals surface area (Å²) in [6, 6.07) is 20.5. The largest absolute Gasteiger partial charge is 0.493 e. The van der Waals surface area contributed by atoms with Crippen LogP contribution in [0.5, 0.6) is 11.5 Å². The summed E-state index contributed by atoms with van der Waals surface area (Å²) in [4.78, 5) is 30.3. The van der Waals surface area contributed by atoms with Crippen LogP contribution in [0.1, 0.15) is 34.0 Å². The molecule has 3 aromatic carbocycles. The molecule has 2 unspecified atom stereocenters. The minimum atomic E-state index is -1.41. The highest BCUT2D eigenvalue weighted by Gasteiger charge is 2.52. The lowest BCUT2D eigenvalue weighted by atomic mass is 9.82. The Bertz CT molecular complexity index is 1370. The molecule has 2 aliphatic rings. The van der Waals surface area contributed by atoms with E-state index in [-0.39, 0.29) is 36.9 Å². The number of fused-ring (bicyclic) bond motifs is 3. The Morgan fingerprint density at radius 3 is 2.53 bits per heavy atom. The number of carbonyl (C=O) groups is 2. The number of amides is 2. The molecule has 0 fully saturated rings. The van der Waals surface area contributed by atoms with Gasteiger partial charge in [-0.05, 0) is 29.7 Å². The first-order valence-electron chi connectivity index (χ1n) is 12.4. The van der Waals surface area contributed by atoms with E-state index < -0.39 is 17.9 Å². The highest BCUT2D eigenvalue weighted by atomic mass is 16.6. The molecule has 2 aliphatic heterocycles. The number of hydrogen-bond acceptors (Lipinski definition) is 6. The van der Waals surface area contributed by atoms with Gasteiger partial charge in [0.15, 0.2) is 17.7 Å². The molecular weight excluding hydrogens is 484 g/mol. The zero-order valence-corrected chi connectivity index (χ0v) is 21.4. The van der Waals surface area contributed by atoms with Crippen LogP contribution >= 0.6 is 0 Å². The molecule has 2 heterocycles. The van der Waals surface area contributed by atoms with E-state index in [1.807, 2.05) is 54.6 Å². The van der Waals surface area contributed by atoms with Crippen LogP contribution in [-0.4, -0.2) is 47.5 Å². The van der Waals surface area contributed by atoms with Crippen molar-refractivity contribution in [3.05, 3.63) is 102 Å². The second-order valence-corrected chi connectivity index (χ2v) is 9.60. The van der Waals surface area contributed by atoms with Gasteiger partial charge in [-0.25, -0.2) is 9.69 Å². The van der Waals surface area contributed by atoms with E-state index in [2.05, 4.69) is 6.58 Å². The van der Waals surface area contributed by atoms with Crippen LogP contribution in [-0.2, 0) is 24.3 Å². The van der Waals surface area contributed by atoms with Crippen molar-refractivity contribution in [3.8, 4) is 11.5 Å². The lowest BCUT2D eigenvalue weighted by Gasteiger charge is -2.48. The Kier molecular flexibility index (Phi) is 6.82. The number of anilines is 1. The standard InChI is InChI=1S/C30H30N2O6/c1-4-14-37-29(35)32-24-16-26(38-19-20-10-6-5-7-11-20)25(36-3)15-23(24)27(33)31-18-22-13-9-8-12-21(22)17-30(31,2)28(32)34/h4-13,15-16,28,34H,1,14,17-19H2,2-3H3. The van der Waals surface area contributed by atoms with Crippen LogP contribution < -0.4 is 14.4 Å². The third-order valence-corrected chi connectivity index (χ3v) is 7.19. The summed E-state index contributed by atoms with van der Waals surface area (Å²) in [5, 5.41) is 11.8. The zero-order valence-electron chi connectivity index (χ0n) is 21.4. The minimum Gasteiger partial charge on any atom is -0.493 e. The molecule has 0 bridgehead atoms. The quantitative estimate of drug-likeness (QED) is 0.480. The van der Waals surface area contributed by atoms with Gasteiger partial charge in [0.2, 0.25) is 0 Å². The number of aliphatic hydroxyl groups excluding tert-OH is 1. The summed E-state index contributed by atoms with van der Waals surface area (Å²) < 4.78 is 17.0. The Morgan fingerprint density at radius 1 is 1.11 bits per heavy atom. The molecule has 3 aromatic rings. The first-order chi connectivity index (χ1) is 18.4. The highest BCUT2D eigenvalue weighted by Crippen LogP contribution is 2.45. The van der Waals surface area contributed by atoms with Gasteiger partial charge in [-0.3, -0.25) is 4.79 Å².